The highest BCUT2D eigenvalue weighted by molar-refractivity contribution is 6.04. The van der Waals surface area contributed by atoms with Gasteiger partial charge in [-0.25, -0.2) is 14.8 Å². The first-order chi connectivity index (χ1) is 15.8. The van der Waals surface area contributed by atoms with Crippen LogP contribution in [0.3, 0.4) is 0 Å². The van der Waals surface area contributed by atoms with Crippen LogP contribution in [-0.2, 0) is 11.3 Å². The predicted octanol–water partition coefficient (Wildman–Crippen LogP) is 5.51. The lowest BCUT2D eigenvalue weighted by Gasteiger charge is -2.09. The minimum absolute atomic E-state index is 0.0617. The van der Waals surface area contributed by atoms with Gasteiger partial charge in [-0.3, -0.25) is 4.57 Å². The number of halogens is 2. The highest BCUT2D eigenvalue weighted by Gasteiger charge is 2.24. The van der Waals surface area contributed by atoms with E-state index >= 15 is 0 Å². The summed E-state index contributed by atoms with van der Waals surface area (Å²) in [5.41, 5.74) is 2.56. The second-order valence-electron chi connectivity index (χ2n) is 7.57. The highest BCUT2D eigenvalue weighted by atomic mass is 19.3. The van der Waals surface area contributed by atoms with Crippen molar-refractivity contribution in [1.82, 2.24) is 19.7 Å². The zero-order valence-corrected chi connectivity index (χ0v) is 17.9. The SMILES string of the molecule is Cc1cc(-c2cc(C(=O)OCc3nc4ccccc4n3C(F)F)c3c(C)noc3n2)c(C)o1. The number of nitrogens with zero attached hydrogens (tertiary/aromatic N) is 4. The van der Waals surface area contributed by atoms with Crippen LogP contribution in [0.5, 0.6) is 0 Å². The number of carbonyl (C=O) groups excluding carboxylic acids is 1. The van der Waals surface area contributed by atoms with E-state index in [0.717, 1.165) is 4.57 Å². The van der Waals surface area contributed by atoms with Crippen molar-refractivity contribution in [2.24, 2.45) is 0 Å². The molecule has 0 amide bonds. The lowest BCUT2D eigenvalue weighted by Crippen LogP contribution is -2.11. The van der Waals surface area contributed by atoms with Gasteiger partial charge >= 0.3 is 12.5 Å². The monoisotopic (exact) mass is 452 g/mol. The van der Waals surface area contributed by atoms with E-state index in [0.29, 0.717) is 39.4 Å². The summed E-state index contributed by atoms with van der Waals surface area (Å²) in [4.78, 5) is 21.7. The van der Waals surface area contributed by atoms with E-state index in [2.05, 4.69) is 15.1 Å². The molecule has 5 rings (SSSR count). The van der Waals surface area contributed by atoms with E-state index in [1.54, 1.807) is 51.1 Å². The molecule has 4 heterocycles. The molecule has 0 unspecified atom stereocenters. The Kier molecular flexibility index (Phi) is 4.92. The largest absolute Gasteiger partial charge is 0.466 e. The molecule has 0 N–H and O–H groups in total. The molecule has 0 spiro atoms. The summed E-state index contributed by atoms with van der Waals surface area (Å²) in [6.07, 6.45) is 0. The minimum atomic E-state index is -2.84. The second kappa shape index (κ2) is 7.80. The molecule has 0 radical (unpaired) electrons. The molecule has 0 saturated heterocycles. The number of carbonyl (C=O) groups is 1. The highest BCUT2D eigenvalue weighted by Crippen LogP contribution is 2.31. The van der Waals surface area contributed by atoms with Crippen LogP contribution in [-0.4, -0.2) is 25.7 Å². The summed E-state index contributed by atoms with van der Waals surface area (Å²) in [6.45, 7) is 1.99. The van der Waals surface area contributed by atoms with Gasteiger partial charge in [0.05, 0.1) is 33.4 Å². The number of alkyl halides is 2. The summed E-state index contributed by atoms with van der Waals surface area (Å²) in [5.74, 6) is 0.517. The van der Waals surface area contributed by atoms with Gasteiger partial charge < -0.3 is 13.7 Å². The number of fused-ring (bicyclic) bond motifs is 2. The van der Waals surface area contributed by atoms with Crippen molar-refractivity contribution in [1.29, 1.82) is 0 Å². The molecule has 0 aliphatic rings. The number of aryl methyl sites for hydroxylation is 3. The Hall–Kier alpha value is -4.08. The Morgan fingerprint density at radius 2 is 1.94 bits per heavy atom. The van der Waals surface area contributed by atoms with Crippen LogP contribution >= 0.6 is 0 Å². The number of benzene rings is 1. The van der Waals surface area contributed by atoms with Crippen LogP contribution in [0.1, 0.15) is 39.9 Å². The van der Waals surface area contributed by atoms with Gasteiger partial charge in [-0.05, 0) is 45.0 Å². The topological polar surface area (TPSA) is 96.2 Å². The second-order valence-corrected chi connectivity index (χ2v) is 7.57. The van der Waals surface area contributed by atoms with E-state index < -0.39 is 19.1 Å². The molecular formula is C23H18F2N4O4. The van der Waals surface area contributed by atoms with Crippen molar-refractivity contribution in [2.75, 3.05) is 0 Å². The van der Waals surface area contributed by atoms with Gasteiger partial charge in [0, 0.05) is 5.56 Å². The molecule has 0 atom stereocenters. The Morgan fingerprint density at radius 3 is 2.67 bits per heavy atom. The van der Waals surface area contributed by atoms with Crippen molar-refractivity contribution >= 4 is 28.1 Å². The van der Waals surface area contributed by atoms with Gasteiger partial charge in [-0.15, -0.1) is 0 Å². The first kappa shape index (κ1) is 20.8. The number of furan rings is 1. The van der Waals surface area contributed by atoms with E-state index in [4.69, 9.17) is 13.7 Å². The van der Waals surface area contributed by atoms with Gasteiger partial charge in [0.1, 0.15) is 18.1 Å². The van der Waals surface area contributed by atoms with Crippen molar-refractivity contribution in [2.45, 2.75) is 33.9 Å². The number of rotatable bonds is 5. The van der Waals surface area contributed by atoms with Crippen molar-refractivity contribution in [3.05, 3.63) is 65.0 Å². The molecule has 0 aliphatic carbocycles. The van der Waals surface area contributed by atoms with Crippen LogP contribution < -0.4 is 0 Å². The van der Waals surface area contributed by atoms with Crippen LogP contribution in [0, 0.1) is 20.8 Å². The Balaban J connectivity index is 1.53. The zero-order chi connectivity index (χ0) is 23.3. The van der Waals surface area contributed by atoms with Crippen molar-refractivity contribution < 1.29 is 27.3 Å². The summed E-state index contributed by atoms with van der Waals surface area (Å²) in [6, 6.07) is 9.85. The van der Waals surface area contributed by atoms with E-state index in [1.807, 2.05) is 0 Å². The van der Waals surface area contributed by atoms with Gasteiger partial charge in [0.2, 0.25) is 0 Å². The van der Waals surface area contributed by atoms with Crippen LogP contribution in [0.15, 0.2) is 45.3 Å². The summed E-state index contributed by atoms with van der Waals surface area (Å²) >= 11 is 0. The van der Waals surface area contributed by atoms with Crippen LogP contribution in [0.25, 0.3) is 33.4 Å². The first-order valence-electron chi connectivity index (χ1n) is 10.1. The number of ether oxygens (including phenoxy) is 1. The number of esters is 1. The number of hydrogen-bond acceptors (Lipinski definition) is 7. The molecule has 10 heteroatoms. The third-order valence-corrected chi connectivity index (χ3v) is 5.35. The number of imidazole rings is 1. The van der Waals surface area contributed by atoms with Gasteiger partial charge in [-0.1, -0.05) is 17.3 Å². The predicted molar refractivity (Wildman–Crippen MR) is 114 cm³/mol. The third kappa shape index (κ3) is 3.53. The Morgan fingerprint density at radius 1 is 1.15 bits per heavy atom. The maximum absolute atomic E-state index is 13.7. The number of para-hydroxylation sites is 2. The van der Waals surface area contributed by atoms with E-state index in [-0.39, 0.29) is 22.6 Å². The van der Waals surface area contributed by atoms with Crippen molar-refractivity contribution in [3.63, 3.8) is 0 Å². The van der Waals surface area contributed by atoms with Crippen LogP contribution in [0.2, 0.25) is 0 Å². The Bertz CT molecular complexity index is 1520. The third-order valence-electron chi connectivity index (χ3n) is 5.35. The molecule has 0 bridgehead atoms. The van der Waals surface area contributed by atoms with Gasteiger partial charge in [-0.2, -0.15) is 8.78 Å². The maximum atomic E-state index is 13.7. The molecule has 4 aromatic heterocycles. The molecule has 8 nitrogen and oxygen atoms in total. The van der Waals surface area contributed by atoms with E-state index in [1.165, 1.54) is 6.07 Å². The molecule has 33 heavy (non-hydrogen) atoms. The van der Waals surface area contributed by atoms with Crippen molar-refractivity contribution in [3.8, 4) is 11.3 Å². The molecule has 5 aromatic rings. The fourth-order valence-electron chi connectivity index (χ4n) is 3.90. The van der Waals surface area contributed by atoms with E-state index in [9.17, 15) is 13.6 Å². The Labute approximate surface area is 185 Å². The number of pyridine rings is 1. The average Bonchev–Trinajstić information content (AvgIpc) is 3.45. The zero-order valence-electron chi connectivity index (χ0n) is 17.9. The summed E-state index contributed by atoms with van der Waals surface area (Å²) in [7, 11) is 0. The number of hydrogen-bond donors (Lipinski definition) is 0. The molecule has 168 valence electrons. The normalized spacial score (nSPS) is 11.7. The molecule has 0 saturated carbocycles. The van der Waals surface area contributed by atoms with Gasteiger partial charge in [0.15, 0.2) is 5.82 Å². The molecule has 0 fully saturated rings. The summed E-state index contributed by atoms with van der Waals surface area (Å²) < 4.78 is 44.4. The average molecular weight is 452 g/mol. The standard InChI is InChI=1S/C23H18F2N4O4/c1-11-8-14(13(3)32-11)17-9-15(20-12(2)28-33-21(20)27-17)22(30)31-10-19-26-16-6-4-5-7-18(16)29(19)23(24)25/h4-9,23H,10H2,1-3H3. The van der Waals surface area contributed by atoms with Gasteiger partial charge in [0.25, 0.3) is 5.71 Å². The fourth-order valence-corrected chi connectivity index (χ4v) is 3.90. The fraction of sp³-hybridized carbons (Fsp3) is 0.217. The lowest BCUT2D eigenvalue weighted by atomic mass is 10.1. The quantitative estimate of drug-likeness (QED) is 0.324. The summed E-state index contributed by atoms with van der Waals surface area (Å²) in [5, 5.41) is 4.29. The van der Waals surface area contributed by atoms with Crippen LogP contribution in [0.4, 0.5) is 8.78 Å². The molecule has 1 aromatic carbocycles. The molecule has 0 aliphatic heterocycles. The first-order valence-corrected chi connectivity index (χ1v) is 10.1. The smallest absolute Gasteiger partial charge is 0.339 e. The maximum Gasteiger partial charge on any atom is 0.339 e. The lowest BCUT2D eigenvalue weighted by molar-refractivity contribution is 0.0389. The molecular weight excluding hydrogens is 434 g/mol. The number of aromatic nitrogens is 4. The minimum Gasteiger partial charge on any atom is -0.466 e.